The average molecular weight is 375 g/mol. The van der Waals surface area contributed by atoms with Crippen LogP contribution in [0, 0.1) is 6.92 Å². The maximum absolute atomic E-state index is 12.5. The number of hydrogen-bond donors (Lipinski definition) is 1. The molecule has 0 bridgehead atoms. The standard InChI is InChI=1S/C20H17N5OS/c1-13-7-6-10-15(22-13)19(26)24-20-23-16(14-8-4-3-5-9-14)17(27-20)18-21-11-12-25(18)2/h3-12H,1-2H3,(H,23,24,26). The van der Waals surface area contributed by atoms with Gasteiger partial charge in [0, 0.05) is 30.7 Å². The number of pyridine rings is 1. The van der Waals surface area contributed by atoms with E-state index in [2.05, 4.69) is 20.3 Å². The summed E-state index contributed by atoms with van der Waals surface area (Å²) in [5.41, 5.74) is 2.92. The van der Waals surface area contributed by atoms with Gasteiger partial charge in [0.1, 0.15) is 5.69 Å². The lowest BCUT2D eigenvalue weighted by molar-refractivity contribution is 0.102. The molecule has 3 aromatic heterocycles. The molecule has 134 valence electrons. The van der Waals surface area contributed by atoms with E-state index in [4.69, 9.17) is 0 Å². The number of nitrogens with one attached hydrogen (secondary N) is 1. The Bertz CT molecular complexity index is 1100. The summed E-state index contributed by atoms with van der Waals surface area (Å²) < 4.78 is 1.94. The fourth-order valence-corrected chi connectivity index (χ4v) is 3.75. The van der Waals surface area contributed by atoms with Crippen molar-refractivity contribution in [1.29, 1.82) is 0 Å². The molecule has 4 aromatic rings. The molecule has 0 aliphatic carbocycles. The smallest absolute Gasteiger partial charge is 0.276 e. The number of hydrogen-bond acceptors (Lipinski definition) is 5. The number of aryl methyl sites for hydroxylation is 2. The van der Waals surface area contributed by atoms with E-state index >= 15 is 0 Å². The number of carbonyl (C=O) groups is 1. The van der Waals surface area contributed by atoms with Gasteiger partial charge in [-0.3, -0.25) is 10.1 Å². The highest BCUT2D eigenvalue weighted by molar-refractivity contribution is 7.19. The van der Waals surface area contributed by atoms with Gasteiger partial charge in [-0.15, -0.1) is 0 Å². The molecule has 1 aromatic carbocycles. The number of carbonyl (C=O) groups excluding carboxylic acids is 1. The first kappa shape index (κ1) is 17.1. The van der Waals surface area contributed by atoms with Crippen LogP contribution < -0.4 is 5.32 Å². The van der Waals surface area contributed by atoms with Gasteiger partial charge >= 0.3 is 0 Å². The molecule has 4 rings (SSSR count). The highest BCUT2D eigenvalue weighted by Gasteiger charge is 2.19. The lowest BCUT2D eigenvalue weighted by atomic mass is 10.1. The van der Waals surface area contributed by atoms with Gasteiger partial charge in [0.25, 0.3) is 5.91 Å². The van der Waals surface area contributed by atoms with Crippen LogP contribution in [0.4, 0.5) is 5.13 Å². The van der Waals surface area contributed by atoms with Crippen molar-refractivity contribution in [2.45, 2.75) is 6.92 Å². The number of benzene rings is 1. The Morgan fingerprint density at radius 2 is 1.89 bits per heavy atom. The minimum absolute atomic E-state index is 0.279. The van der Waals surface area contributed by atoms with Crippen molar-refractivity contribution in [2.75, 3.05) is 5.32 Å². The number of anilines is 1. The van der Waals surface area contributed by atoms with Crippen molar-refractivity contribution >= 4 is 22.4 Å². The first-order valence-electron chi connectivity index (χ1n) is 8.41. The molecule has 0 fully saturated rings. The van der Waals surface area contributed by atoms with Crippen molar-refractivity contribution in [3.63, 3.8) is 0 Å². The molecule has 0 spiro atoms. The quantitative estimate of drug-likeness (QED) is 0.581. The Morgan fingerprint density at radius 3 is 2.59 bits per heavy atom. The Hall–Kier alpha value is -3.32. The van der Waals surface area contributed by atoms with Gasteiger partial charge in [-0.05, 0) is 19.1 Å². The van der Waals surface area contributed by atoms with Crippen LogP contribution in [-0.2, 0) is 7.05 Å². The normalized spacial score (nSPS) is 10.7. The molecule has 27 heavy (non-hydrogen) atoms. The van der Waals surface area contributed by atoms with Gasteiger partial charge < -0.3 is 4.57 Å². The Balaban J connectivity index is 1.73. The van der Waals surface area contributed by atoms with Gasteiger partial charge in [0.15, 0.2) is 11.0 Å². The highest BCUT2D eigenvalue weighted by atomic mass is 32.1. The third kappa shape index (κ3) is 3.50. The van der Waals surface area contributed by atoms with Crippen LogP contribution in [0.3, 0.4) is 0 Å². The average Bonchev–Trinajstić information content (AvgIpc) is 3.28. The predicted octanol–water partition coefficient (Wildman–Crippen LogP) is 4.17. The minimum atomic E-state index is -0.279. The van der Waals surface area contributed by atoms with Gasteiger partial charge in [-0.1, -0.05) is 47.7 Å². The number of thiazole rings is 1. The summed E-state index contributed by atoms with van der Waals surface area (Å²) in [6.07, 6.45) is 3.64. The highest BCUT2D eigenvalue weighted by Crippen LogP contribution is 2.38. The molecule has 1 amide bonds. The zero-order valence-electron chi connectivity index (χ0n) is 14.9. The molecule has 1 N–H and O–H groups in total. The van der Waals surface area contributed by atoms with Gasteiger partial charge in [-0.2, -0.15) is 0 Å². The molecule has 0 saturated carbocycles. The number of imidazole rings is 1. The van der Waals surface area contributed by atoms with Crippen LogP contribution in [0.5, 0.6) is 0 Å². The Kier molecular flexibility index (Phi) is 4.52. The van der Waals surface area contributed by atoms with Crippen molar-refractivity contribution in [1.82, 2.24) is 19.5 Å². The van der Waals surface area contributed by atoms with E-state index in [0.717, 1.165) is 27.7 Å². The fourth-order valence-electron chi connectivity index (χ4n) is 2.73. The van der Waals surface area contributed by atoms with Gasteiger partial charge in [0.05, 0.1) is 10.6 Å². The number of aromatic nitrogens is 4. The zero-order valence-corrected chi connectivity index (χ0v) is 15.7. The van der Waals surface area contributed by atoms with Crippen molar-refractivity contribution < 1.29 is 4.79 Å². The third-order valence-electron chi connectivity index (χ3n) is 4.04. The monoisotopic (exact) mass is 375 g/mol. The molecule has 0 saturated heterocycles. The van der Waals surface area contributed by atoms with E-state index in [9.17, 15) is 4.79 Å². The second-order valence-electron chi connectivity index (χ2n) is 6.04. The lowest BCUT2D eigenvalue weighted by Crippen LogP contribution is -2.13. The van der Waals surface area contributed by atoms with Crippen molar-refractivity contribution in [2.24, 2.45) is 7.05 Å². The summed E-state index contributed by atoms with van der Waals surface area (Å²) >= 11 is 1.40. The maximum Gasteiger partial charge on any atom is 0.276 e. The fraction of sp³-hybridized carbons (Fsp3) is 0.100. The van der Waals surface area contributed by atoms with E-state index < -0.39 is 0 Å². The van der Waals surface area contributed by atoms with Gasteiger partial charge in [0.2, 0.25) is 0 Å². The SMILES string of the molecule is Cc1cccc(C(=O)Nc2nc(-c3ccccc3)c(-c3nccn3C)s2)n1. The molecule has 7 heteroatoms. The molecule has 6 nitrogen and oxygen atoms in total. The molecular formula is C20H17N5OS. The van der Waals surface area contributed by atoms with Crippen molar-refractivity contribution in [3.05, 3.63) is 72.3 Å². The third-order valence-corrected chi connectivity index (χ3v) is 5.01. The van der Waals surface area contributed by atoms with Crippen LogP contribution in [0.25, 0.3) is 22.0 Å². The maximum atomic E-state index is 12.5. The summed E-state index contributed by atoms with van der Waals surface area (Å²) in [6, 6.07) is 15.2. The summed E-state index contributed by atoms with van der Waals surface area (Å²) in [7, 11) is 1.94. The van der Waals surface area contributed by atoms with Crippen LogP contribution >= 0.6 is 11.3 Å². The van der Waals surface area contributed by atoms with Gasteiger partial charge in [-0.25, -0.2) is 15.0 Å². The molecule has 0 unspecified atom stereocenters. The topological polar surface area (TPSA) is 72.7 Å². The van der Waals surface area contributed by atoms with E-state index in [0.29, 0.717) is 10.8 Å². The Morgan fingerprint density at radius 1 is 1.07 bits per heavy atom. The molecule has 3 heterocycles. The lowest BCUT2D eigenvalue weighted by Gasteiger charge is -2.02. The summed E-state index contributed by atoms with van der Waals surface area (Å²) in [5.74, 6) is 0.527. The molecule has 0 radical (unpaired) electrons. The summed E-state index contributed by atoms with van der Waals surface area (Å²) in [6.45, 7) is 1.85. The Labute approximate surface area is 160 Å². The molecule has 0 atom stereocenters. The van der Waals surface area contributed by atoms with Crippen molar-refractivity contribution in [3.8, 4) is 22.0 Å². The van der Waals surface area contributed by atoms with Crippen LogP contribution in [-0.4, -0.2) is 25.4 Å². The van der Waals surface area contributed by atoms with Crippen LogP contribution in [0.2, 0.25) is 0 Å². The number of amides is 1. The van der Waals surface area contributed by atoms with E-state index in [1.807, 2.05) is 67.2 Å². The van der Waals surface area contributed by atoms with Crippen LogP contribution in [0.15, 0.2) is 60.9 Å². The molecule has 0 aliphatic heterocycles. The second-order valence-corrected chi connectivity index (χ2v) is 7.04. The summed E-state index contributed by atoms with van der Waals surface area (Å²) in [5, 5.41) is 3.38. The zero-order chi connectivity index (χ0) is 18.8. The summed E-state index contributed by atoms with van der Waals surface area (Å²) in [4.78, 5) is 26.8. The predicted molar refractivity (Wildman–Crippen MR) is 107 cm³/mol. The van der Waals surface area contributed by atoms with E-state index in [1.165, 1.54) is 11.3 Å². The minimum Gasteiger partial charge on any atom is -0.333 e. The largest absolute Gasteiger partial charge is 0.333 e. The van der Waals surface area contributed by atoms with E-state index in [-0.39, 0.29) is 5.91 Å². The molecular weight excluding hydrogens is 358 g/mol. The number of rotatable bonds is 4. The number of nitrogens with zero attached hydrogens (tertiary/aromatic N) is 4. The molecule has 0 aliphatic rings. The first-order valence-corrected chi connectivity index (χ1v) is 9.22. The van der Waals surface area contributed by atoms with E-state index in [1.54, 1.807) is 12.3 Å². The van der Waals surface area contributed by atoms with Crippen LogP contribution in [0.1, 0.15) is 16.2 Å². The second kappa shape index (κ2) is 7.13. The first-order chi connectivity index (χ1) is 13.1.